The maximum atomic E-state index is 12.6. The van der Waals surface area contributed by atoms with Gasteiger partial charge in [-0.1, -0.05) is 0 Å². The van der Waals surface area contributed by atoms with Crippen LogP contribution in [0.3, 0.4) is 0 Å². The van der Waals surface area contributed by atoms with Gasteiger partial charge in [0.2, 0.25) is 0 Å². The molecule has 1 rings (SSSR count). The van der Waals surface area contributed by atoms with Crippen molar-refractivity contribution in [3.63, 3.8) is 0 Å². The number of nitro groups is 1. The van der Waals surface area contributed by atoms with Gasteiger partial charge in [0, 0.05) is 26.8 Å². The Bertz CT molecular complexity index is 494. The summed E-state index contributed by atoms with van der Waals surface area (Å²) in [4.78, 5) is 10.0. The van der Waals surface area contributed by atoms with Gasteiger partial charge in [0.25, 0.3) is 5.69 Å². The first kappa shape index (κ1) is 17.2. The molecular formula is C12H15F3N2O4. The number of halogens is 3. The van der Waals surface area contributed by atoms with Crippen LogP contribution >= 0.6 is 0 Å². The number of hydrogen-bond acceptors (Lipinski definition) is 5. The second kappa shape index (κ2) is 7.23. The molecule has 0 aliphatic rings. The lowest BCUT2D eigenvalue weighted by Crippen LogP contribution is -2.26. The van der Waals surface area contributed by atoms with E-state index in [0.29, 0.717) is 6.07 Å². The Labute approximate surface area is 119 Å². The van der Waals surface area contributed by atoms with E-state index in [0.717, 1.165) is 12.1 Å². The molecule has 118 valence electrons. The van der Waals surface area contributed by atoms with Crippen molar-refractivity contribution in [1.29, 1.82) is 0 Å². The number of hydrogen-bond donors (Lipinski definition) is 1. The molecule has 0 aromatic heterocycles. The Balaban J connectivity index is 2.94. The molecule has 0 bridgehead atoms. The molecule has 0 spiro atoms. The number of nitrogens with zero attached hydrogens (tertiary/aromatic N) is 1. The number of rotatable bonds is 7. The number of alkyl halides is 3. The highest BCUT2D eigenvalue weighted by molar-refractivity contribution is 5.63. The first-order chi connectivity index (χ1) is 9.79. The number of nitrogens with one attached hydrogen (secondary N) is 1. The standard InChI is InChI=1S/C12H15F3N2O4/c1-20-7-9(21-2)6-16-10-4-3-8(12(13,14)15)5-11(10)17(18)19/h3-5,9,16H,6-7H2,1-2H3. The van der Waals surface area contributed by atoms with Gasteiger partial charge in [0.1, 0.15) is 5.69 Å². The minimum absolute atomic E-state index is 0.00819. The fraction of sp³-hybridized carbons (Fsp3) is 0.500. The minimum atomic E-state index is -4.63. The van der Waals surface area contributed by atoms with Crippen LogP contribution in [0.15, 0.2) is 18.2 Å². The van der Waals surface area contributed by atoms with Crippen molar-refractivity contribution in [1.82, 2.24) is 0 Å². The third-order valence-corrected chi connectivity index (χ3v) is 2.73. The van der Waals surface area contributed by atoms with Crippen molar-refractivity contribution >= 4 is 11.4 Å². The highest BCUT2D eigenvalue weighted by Crippen LogP contribution is 2.34. The summed E-state index contributed by atoms with van der Waals surface area (Å²) in [7, 11) is 2.90. The fourth-order valence-corrected chi connectivity index (χ4v) is 1.63. The van der Waals surface area contributed by atoms with Crippen LogP contribution in [0.4, 0.5) is 24.5 Å². The van der Waals surface area contributed by atoms with Gasteiger partial charge in [-0.2, -0.15) is 13.2 Å². The van der Waals surface area contributed by atoms with Crippen molar-refractivity contribution in [3.05, 3.63) is 33.9 Å². The average Bonchev–Trinajstić information content (AvgIpc) is 2.42. The molecule has 0 aliphatic carbocycles. The highest BCUT2D eigenvalue weighted by Gasteiger charge is 2.33. The summed E-state index contributed by atoms with van der Waals surface area (Å²) in [5.74, 6) is 0. The molecule has 1 atom stereocenters. The Morgan fingerprint density at radius 2 is 2.05 bits per heavy atom. The van der Waals surface area contributed by atoms with Gasteiger partial charge in [-0.25, -0.2) is 0 Å². The zero-order valence-electron chi connectivity index (χ0n) is 11.4. The van der Waals surface area contributed by atoms with Gasteiger partial charge < -0.3 is 14.8 Å². The molecule has 6 nitrogen and oxygen atoms in total. The second-order valence-corrected chi connectivity index (χ2v) is 4.18. The van der Waals surface area contributed by atoms with E-state index in [2.05, 4.69) is 5.32 Å². The van der Waals surface area contributed by atoms with Crippen molar-refractivity contribution < 1.29 is 27.6 Å². The van der Waals surface area contributed by atoms with Crippen molar-refractivity contribution in [3.8, 4) is 0 Å². The average molecular weight is 308 g/mol. The molecule has 1 unspecified atom stereocenters. The van der Waals surface area contributed by atoms with Gasteiger partial charge in [0.15, 0.2) is 0 Å². The predicted octanol–water partition coefficient (Wildman–Crippen LogP) is 2.69. The number of methoxy groups -OCH3 is 2. The molecule has 0 heterocycles. The normalized spacial score (nSPS) is 13.0. The third-order valence-electron chi connectivity index (χ3n) is 2.73. The van der Waals surface area contributed by atoms with Crippen LogP contribution < -0.4 is 5.32 Å². The number of benzene rings is 1. The lowest BCUT2D eigenvalue weighted by Gasteiger charge is -2.16. The van der Waals surface area contributed by atoms with E-state index < -0.39 is 22.4 Å². The minimum Gasteiger partial charge on any atom is -0.382 e. The van der Waals surface area contributed by atoms with Crippen LogP contribution in [-0.4, -0.2) is 38.4 Å². The predicted molar refractivity (Wildman–Crippen MR) is 69.3 cm³/mol. The van der Waals surface area contributed by atoms with Gasteiger partial charge in [-0.3, -0.25) is 10.1 Å². The quantitative estimate of drug-likeness (QED) is 0.619. The summed E-state index contributed by atoms with van der Waals surface area (Å²) >= 11 is 0. The molecule has 0 radical (unpaired) electrons. The molecule has 0 saturated carbocycles. The summed E-state index contributed by atoms with van der Waals surface area (Å²) in [6.45, 7) is 0.411. The molecule has 0 fully saturated rings. The largest absolute Gasteiger partial charge is 0.416 e. The topological polar surface area (TPSA) is 73.6 Å². The lowest BCUT2D eigenvalue weighted by molar-refractivity contribution is -0.384. The van der Waals surface area contributed by atoms with Gasteiger partial charge in [-0.05, 0) is 12.1 Å². The van der Waals surface area contributed by atoms with Crippen LogP contribution in [0.5, 0.6) is 0 Å². The first-order valence-electron chi connectivity index (χ1n) is 5.90. The summed E-state index contributed by atoms with van der Waals surface area (Å²) in [5.41, 5.74) is -1.72. The van der Waals surface area contributed by atoms with E-state index in [9.17, 15) is 23.3 Å². The Morgan fingerprint density at radius 1 is 1.38 bits per heavy atom. The van der Waals surface area contributed by atoms with Crippen LogP contribution in [-0.2, 0) is 15.7 Å². The molecule has 1 N–H and O–H groups in total. The van der Waals surface area contributed by atoms with Crippen LogP contribution in [0, 0.1) is 10.1 Å². The van der Waals surface area contributed by atoms with E-state index in [1.54, 1.807) is 0 Å². The van der Waals surface area contributed by atoms with Gasteiger partial charge >= 0.3 is 6.18 Å². The summed E-state index contributed by atoms with van der Waals surface area (Å²) in [6, 6.07) is 2.31. The van der Waals surface area contributed by atoms with Crippen LogP contribution in [0.2, 0.25) is 0 Å². The molecule has 0 amide bonds. The molecule has 1 aromatic rings. The van der Waals surface area contributed by atoms with Crippen LogP contribution in [0.25, 0.3) is 0 Å². The fourth-order valence-electron chi connectivity index (χ4n) is 1.63. The Kier molecular flexibility index (Phi) is 5.91. The first-order valence-corrected chi connectivity index (χ1v) is 5.90. The molecule has 0 saturated heterocycles. The maximum Gasteiger partial charge on any atom is 0.416 e. The molecule has 0 aliphatic heterocycles. The number of nitro benzene ring substituents is 1. The van der Waals surface area contributed by atoms with E-state index >= 15 is 0 Å². The van der Waals surface area contributed by atoms with Crippen molar-refractivity contribution in [2.45, 2.75) is 12.3 Å². The van der Waals surface area contributed by atoms with Crippen LogP contribution in [0.1, 0.15) is 5.56 Å². The van der Waals surface area contributed by atoms with E-state index in [1.807, 2.05) is 0 Å². The SMILES string of the molecule is COCC(CNc1ccc(C(F)(F)F)cc1[N+](=O)[O-])OC. The van der Waals surface area contributed by atoms with Crippen molar-refractivity contribution in [2.24, 2.45) is 0 Å². The number of ether oxygens (including phenoxy) is 2. The highest BCUT2D eigenvalue weighted by atomic mass is 19.4. The lowest BCUT2D eigenvalue weighted by atomic mass is 10.1. The maximum absolute atomic E-state index is 12.6. The van der Waals surface area contributed by atoms with Crippen molar-refractivity contribution in [2.75, 3.05) is 32.7 Å². The van der Waals surface area contributed by atoms with Gasteiger partial charge in [-0.15, -0.1) is 0 Å². The molecule has 21 heavy (non-hydrogen) atoms. The van der Waals surface area contributed by atoms with E-state index in [4.69, 9.17) is 9.47 Å². The molecule has 1 aromatic carbocycles. The van der Waals surface area contributed by atoms with E-state index in [1.165, 1.54) is 14.2 Å². The zero-order valence-corrected chi connectivity index (χ0v) is 11.4. The summed E-state index contributed by atoms with van der Waals surface area (Å²) in [5, 5.41) is 13.6. The Hall–Kier alpha value is -1.87. The Morgan fingerprint density at radius 3 is 2.52 bits per heavy atom. The number of anilines is 1. The second-order valence-electron chi connectivity index (χ2n) is 4.18. The zero-order chi connectivity index (χ0) is 16.0. The summed E-state index contributed by atoms with van der Waals surface area (Å²) < 4.78 is 47.6. The monoisotopic (exact) mass is 308 g/mol. The molecular weight excluding hydrogens is 293 g/mol. The summed E-state index contributed by atoms with van der Waals surface area (Å²) in [6.07, 6.45) is -5.01. The third kappa shape index (κ3) is 4.87. The van der Waals surface area contributed by atoms with E-state index in [-0.39, 0.29) is 24.9 Å². The van der Waals surface area contributed by atoms with Gasteiger partial charge in [0.05, 0.1) is 23.2 Å². The smallest absolute Gasteiger partial charge is 0.382 e. The molecule has 9 heteroatoms.